The van der Waals surface area contributed by atoms with E-state index in [-0.39, 0.29) is 5.97 Å². The van der Waals surface area contributed by atoms with Crippen molar-refractivity contribution in [1.82, 2.24) is 0 Å². The zero-order valence-corrected chi connectivity index (χ0v) is 10.9. The molecule has 0 aliphatic heterocycles. The number of carbonyl (C=O) groups is 1. The molecule has 2 N–H and O–H groups in total. The van der Waals surface area contributed by atoms with Gasteiger partial charge in [0.05, 0.1) is 18.8 Å². The lowest BCUT2D eigenvalue weighted by atomic mass is 10.1. The summed E-state index contributed by atoms with van der Waals surface area (Å²) >= 11 is 0. The van der Waals surface area contributed by atoms with Crippen LogP contribution in [-0.2, 0) is 16.1 Å². The van der Waals surface area contributed by atoms with Gasteiger partial charge in [-0.25, -0.2) is 4.79 Å². The second-order valence-electron chi connectivity index (χ2n) is 4.03. The van der Waals surface area contributed by atoms with Crippen molar-refractivity contribution in [3.8, 4) is 0 Å². The number of benzene rings is 1. The Hall–Kier alpha value is -1.39. The van der Waals surface area contributed by atoms with Crippen molar-refractivity contribution in [1.29, 1.82) is 0 Å². The van der Waals surface area contributed by atoms with E-state index in [1.165, 1.54) is 0 Å². The van der Waals surface area contributed by atoms with Crippen LogP contribution in [0.15, 0.2) is 24.3 Å². The Kier molecular flexibility index (Phi) is 7.06. The lowest BCUT2D eigenvalue weighted by molar-refractivity contribution is 0.0505. The molecule has 0 aromatic heterocycles. The Balaban J connectivity index is 2.39. The van der Waals surface area contributed by atoms with Crippen molar-refractivity contribution in [2.45, 2.75) is 26.4 Å². The van der Waals surface area contributed by atoms with Crippen LogP contribution in [0.2, 0.25) is 0 Å². The number of nitrogens with two attached hydrogens (primary N) is 1. The molecule has 4 nitrogen and oxygen atoms in total. The van der Waals surface area contributed by atoms with Gasteiger partial charge in [0.15, 0.2) is 0 Å². The predicted molar refractivity (Wildman–Crippen MR) is 70.3 cm³/mol. The molecule has 0 heterocycles. The highest BCUT2D eigenvalue weighted by atomic mass is 16.5. The van der Waals surface area contributed by atoms with Crippen molar-refractivity contribution >= 4 is 5.97 Å². The van der Waals surface area contributed by atoms with E-state index in [4.69, 9.17) is 15.2 Å². The maximum atomic E-state index is 11.5. The molecule has 100 valence electrons. The van der Waals surface area contributed by atoms with Gasteiger partial charge in [-0.1, -0.05) is 19.1 Å². The van der Waals surface area contributed by atoms with Crippen LogP contribution in [0.5, 0.6) is 0 Å². The van der Waals surface area contributed by atoms with E-state index in [1.54, 1.807) is 12.1 Å². The molecule has 1 aromatic rings. The Morgan fingerprint density at radius 2 is 1.94 bits per heavy atom. The average molecular weight is 251 g/mol. The first-order valence-corrected chi connectivity index (χ1v) is 6.31. The third kappa shape index (κ3) is 5.29. The topological polar surface area (TPSA) is 61.5 Å². The molecule has 0 fully saturated rings. The lowest BCUT2D eigenvalue weighted by Gasteiger charge is -2.05. The summed E-state index contributed by atoms with van der Waals surface area (Å²) in [6.45, 7) is 4.28. The van der Waals surface area contributed by atoms with Crippen LogP contribution in [0.3, 0.4) is 0 Å². The summed E-state index contributed by atoms with van der Waals surface area (Å²) in [5.41, 5.74) is 6.99. The van der Waals surface area contributed by atoms with Crippen molar-refractivity contribution in [3.05, 3.63) is 35.4 Å². The van der Waals surface area contributed by atoms with Gasteiger partial charge in [-0.15, -0.1) is 0 Å². The SMILES string of the molecule is CCCOC(=O)c1ccc(COCCCN)cc1. The van der Waals surface area contributed by atoms with Gasteiger partial charge in [-0.3, -0.25) is 0 Å². The van der Waals surface area contributed by atoms with Crippen molar-refractivity contribution < 1.29 is 14.3 Å². The van der Waals surface area contributed by atoms with E-state index in [0.29, 0.717) is 31.9 Å². The van der Waals surface area contributed by atoms with Gasteiger partial charge in [-0.05, 0) is 37.1 Å². The molecule has 1 rings (SSSR count). The van der Waals surface area contributed by atoms with Gasteiger partial charge in [-0.2, -0.15) is 0 Å². The second kappa shape index (κ2) is 8.66. The van der Waals surface area contributed by atoms with Crippen molar-refractivity contribution in [2.24, 2.45) is 5.73 Å². The van der Waals surface area contributed by atoms with E-state index >= 15 is 0 Å². The highest BCUT2D eigenvalue weighted by Gasteiger charge is 2.05. The van der Waals surface area contributed by atoms with Gasteiger partial charge in [0.1, 0.15) is 0 Å². The molecule has 0 bridgehead atoms. The number of hydrogen-bond donors (Lipinski definition) is 1. The summed E-state index contributed by atoms with van der Waals surface area (Å²) < 4.78 is 10.5. The highest BCUT2D eigenvalue weighted by Crippen LogP contribution is 2.07. The smallest absolute Gasteiger partial charge is 0.338 e. The molecule has 18 heavy (non-hydrogen) atoms. The monoisotopic (exact) mass is 251 g/mol. The Morgan fingerprint density at radius 1 is 1.22 bits per heavy atom. The summed E-state index contributed by atoms with van der Waals surface area (Å²) in [4.78, 5) is 11.5. The fraction of sp³-hybridized carbons (Fsp3) is 0.500. The molecular formula is C14H21NO3. The van der Waals surface area contributed by atoms with Gasteiger partial charge in [0, 0.05) is 6.61 Å². The fourth-order valence-electron chi connectivity index (χ4n) is 1.39. The van der Waals surface area contributed by atoms with E-state index in [1.807, 2.05) is 19.1 Å². The standard InChI is InChI=1S/C14H21NO3/c1-2-9-18-14(16)13-6-4-12(5-7-13)11-17-10-3-8-15/h4-7H,2-3,8-11,15H2,1H3. The number of carbonyl (C=O) groups excluding carboxylic acids is 1. The van der Waals surface area contributed by atoms with Crippen LogP contribution in [0, 0.1) is 0 Å². The fourth-order valence-corrected chi connectivity index (χ4v) is 1.39. The third-order valence-electron chi connectivity index (χ3n) is 2.39. The largest absolute Gasteiger partial charge is 0.462 e. The van der Waals surface area contributed by atoms with Gasteiger partial charge < -0.3 is 15.2 Å². The number of hydrogen-bond acceptors (Lipinski definition) is 4. The summed E-state index contributed by atoms with van der Waals surface area (Å²) in [6.07, 6.45) is 1.69. The van der Waals surface area contributed by atoms with Crippen LogP contribution in [0.1, 0.15) is 35.7 Å². The molecule has 0 unspecified atom stereocenters. The first-order valence-electron chi connectivity index (χ1n) is 6.31. The van der Waals surface area contributed by atoms with Crippen LogP contribution in [0.4, 0.5) is 0 Å². The molecule has 4 heteroatoms. The zero-order chi connectivity index (χ0) is 13.2. The van der Waals surface area contributed by atoms with Crippen molar-refractivity contribution in [3.63, 3.8) is 0 Å². The number of rotatable bonds is 8. The molecule has 0 saturated heterocycles. The minimum absolute atomic E-state index is 0.271. The van der Waals surface area contributed by atoms with Gasteiger partial charge >= 0.3 is 5.97 Å². The first kappa shape index (κ1) is 14.7. The Morgan fingerprint density at radius 3 is 2.56 bits per heavy atom. The average Bonchev–Trinajstić information content (AvgIpc) is 2.41. The Labute approximate surface area is 108 Å². The lowest BCUT2D eigenvalue weighted by Crippen LogP contribution is -2.06. The van der Waals surface area contributed by atoms with Gasteiger partial charge in [0.2, 0.25) is 0 Å². The summed E-state index contributed by atoms with van der Waals surface area (Å²) in [5, 5.41) is 0. The molecular weight excluding hydrogens is 230 g/mol. The third-order valence-corrected chi connectivity index (χ3v) is 2.39. The first-order chi connectivity index (χ1) is 8.77. The van der Waals surface area contributed by atoms with E-state index < -0.39 is 0 Å². The highest BCUT2D eigenvalue weighted by molar-refractivity contribution is 5.89. The summed E-state index contributed by atoms with van der Waals surface area (Å²) in [6, 6.07) is 7.29. The van der Waals surface area contributed by atoms with E-state index in [0.717, 1.165) is 18.4 Å². The quantitative estimate of drug-likeness (QED) is 0.568. The second-order valence-corrected chi connectivity index (χ2v) is 4.03. The summed E-state index contributed by atoms with van der Waals surface area (Å²) in [5.74, 6) is -0.271. The maximum absolute atomic E-state index is 11.5. The minimum Gasteiger partial charge on any atom is -0.462 e. The van der Waals surface area contributed by atoms with Crippen molar-refractivity contribution in [2.75, 3.05) is 19.8 Å². The van der Waals surface area contributed by atoms with Crippen LogP contribution >= 0.6 is 0 Å². The molecule has 0 aliphatic rings. The normalized spacial score (nSPS) is 10.3. The van der Waals surface area contributed by atoms with Crippen LogP contribution < -0.4 is 5.73 Å². The summed E-state index contributed by atoms with van der Waals surface area (Å²) in [7, 11) is 0. The van der Waals surface area contributed by atoms with Crippen LogP contribution in [-0.4, -0.2) is 25.7 Å². The van der Waals surface area contributed by atoms with Crippen LogP contribution in [0.25, 0.3) is 0 Å². The number of esters is 1. The molecule has 0 aliphatic carbocycles. The molecule has 0 radical (unpaired) electrons. The molecule has 0 amide bonds. The van der Waals surface area contributed by atoms with E-state index in [2.05, 4.69) is 0 Å². The zero-order valence-electron chi connectivity index (χ0n) is 10.9. The predicted octanol–water partition coefficient (Wildman–Crippen LogP) is 2.12. The van der Waals surface area contributed by atoms with Gasteiger partial charge in [0.25, 0.3) is 0 Å². The van der Waals surface area contributed by atoms with E-state index in [9.17, 15) is 4.79 Å². The maximum Gasteiger partial charge on any atom is 0.338 e. The molecule has 0 atom stereocenters. The molecule has 0 spiro atoms. The number of ether oxygens (including phenoxy) is 2. The Bertz CT molecular complexity index is 349. The molecule has 0 saturated carbocycles. The minimum atomic E-state index is -0.271. The molecule has 1 aromatic carbocycles.